The van der Waals surface area contributed by atoms with Crippen LogP contribution in [-0.2, 0) is 0 Å². The van der Waals surface area contributed by atoms with Gasteiger partial charge in [-0.25, -0.2) is 0 Å². The Bertz CT molecular complexity index is 596. The summed E-state index contributed by atoms with van der Waals surface area (Å²) in [7, 11) is 0. The lowest BCUT2D eigenvalue weighted by molar-refractivity contribution is 0.0695. The molecule has 2 aromatic rings. The summed E-state index contributed by atoms with van der Waals surface area (Å²) in [6.45, 7) is 1.24. The fourth-order valence-electron chi connectivity index (χ4n) is 2.46. The maximum Gasteiger partial charge on any atom is 0.287 e. The first-order valence-corrected chi connectivity index (χ1v) is 6.90. The molecule has 6 heteroatoms. The van der Waals surface area contributed by atoms with E-state index in [1.807, 2.05) is 0 Å². The van der Waals surface area contributed by atoms with E-state index in [9.17, 15) is 9.59 Å². The Labute approximate surface area is 121 Å². The average molecular weight is 288 g/mol. The zero-order valence-corrected chi connectivity index (χ0v) is 11.5. The second kappa shape index (κ2) is 5.87. The van der Waals surface area contributed by atoms with Crippen molar-refractivity contribution >= 4 is 11.8 Å². The van der Waals surface area contributed by atoms with Gasteiger partial charge in [-0.2, -0.15) is 0 Å². The molecule has 0 unspecified atom stereocenters. The normalized spacial score (nSPS) is 15.9. The molecule has 2 amide bonds. The van der Waals surface area contributed by atoms with Crippen LogP contribution in [0.5, 0.6) is 0 Å². The minimum atomic E-state index is -0.209. The number of carbonyl (C=O) groups excluding carboxylic acids is 2. The second-order valence-electron chi connectivity index (χ2n) is 5.03. The highest BCUT2D eigenvalue weighted by Crippen LogP contribution is 2.15. The summed E-state index contributed by atoms with van der Waals surface area (Å²) in [6.07, 6.45) is 5.88. The summed E-state index contributed by atoms with van der Waals surface area (Å²) in [5.41, 5.74) is 0.563. The first kappa shape index (κ1) is 13.5. The third-order valence-electron chi connectivity index (χ3n) is 3.63. The van der Waals surface area contributed by atoms with Crippen molar-refractivity contribution in [1.82, 2.24) is 10.2 Å². The van der Waals surface area contributed by atoms with Crippen molar-refractivity contribution in [3.63, 3.8) is 0 Å². The Hall–Kier alpha value is -2.50. The van der Waals surface area contributed by atoms with Gasteiger partial charge in [-0.05, 0) is 31.0 Å². The van der Waals surface area contributed by atoms with Crippen LogP contribution in [0.25, 0.3) is 0 Å². The molecule has 110 valence electrons. The summed E-state index contributed by atoms with van der Waals surface area (Å²) in [5.74, 6) is 0.0751. The van der Waals surface area contributed by atoms with E-state index in [0.29, 0.717) is 24.4 Å². The minimum absolute atomic E-state index is 0.0282. The Morgan fingerprint density at radius 1 is 1.19 bits per heavy atom. The molecule has 0 bridgehead atoms. The largest absolute Gasteiger partial charge is 0.472 e. The van der Waals surface area contributed by atoms with Crippen LogP contribution in [0.3, 0.4) is 0 Å². The predicted molar refractivity (Wildman–Crippen MR) is 73.8 cm³/mol. The number of amides is 2. The topological polar surface area (TPSA) is 75.7 Å². The standard InChI is InChI=1S/C15H16N2O4/c18-14(13-2-1-8-21-13)16-12-3-6-17(7-4-12)15(19)11-5-9-20-10-11/h1-2,5,8-10,12H,3-4,6-7H2,(H,16,18). The Kier molecular flexibility index (Phi) is 3.77. The van der Waals surface area contributed by atoms with Gasteiger partial charge in [0.2, 0.25) is 0 Å². The van der Waals surface area contributed by atoms with Gasteiger partial charge in [-0.1, -0.05) is 0 Å². The van der Waals surface area contributed by atoms with Crippen molar-refractivity contribution in [1.29, 1.82) is 0 Å². The molecule has 0 atom stereocenters. The Morgan fingerprint density at radius 3 is 2.62 bits per heavy atom. The lowest BCUT2D eigenvalue weighted by Crippen LogP contribution is -2.46. The zero-order chi connectivity index (χ0) is 14.7. The number of hydrogen-bond donors (Lipinski definition) is 1. The molecule has 21 heavy (non-hydrogen) atoms. The Balaban J connectivity index is 1.51. The first-order valence-electron chi connectivity index (χ1n) is 6.90. The lowest BCUT2D eigenvalue weighted by atomic mass is 10.0. The van der Waals surface area contributed by atoms with Gasteiger partial charge in [0.15, 0.2) is 5.76 Å². The summed E-state index contributed by atoms with van der Waals surface area (Å²) in [4.78, 5) is 25.8. The second-order valence-corrected chi connectivity index (χ2v) is 5.03. The van der Waals surface area contributed by atoms with Crippen molar-refractivity contribution in [2.75, 3.05) is 13.1 Å². The number of likely N-dealkylation sites (tertiary alicyclic amines) is 1. The number of carbonyl (C=O) groups is 2. The van der Waals surface area contributed by atoms with Gasteiger partial charge in [-0.15, -0.1) is 0 Å². The van der Waals surface area contributed by atoms with Crippen molar-refractivity contribution in [3.8, 4) is 0 Å². The van der Waals surface area contributed by atoms with E-state index in [1.165, 1.54) is 18.8 Å². The summed E-state index contributed by atoms with van der Waals surface area (Å²) in [5, 5.41) is 2.93. The third-order valence-corrected chi connectivity index (χ3v) is 3.63. The number of piperidine rings is 1. The van der Waals surface area contributed by atoms with Gasteiger partial charge < -0.3 is 19.1 Å². The molecule has 1 saturated heterocycles. The number of furan rings is 2. The van der Waals surface area contributed by atoms with Gasteiger partial charge in [0.05, 0.1) is 18.1 Å². The molecule has 6 nitrogen and oxygen atoms in total. The van der Waals surface area contributed by atoms with Crippen LogP contribution >= 0.6 is 0 Å². The monoisotopic (exact) mass is 288 g/mol. The molecule has 1 aliphatic rings. The molecule has 1 N–H and O–H groups in total. The van der Waals surface area contributed by atoms with E-state index in [2.05, 4.69) is 5.32 Å². The maximum atomic E-state index is 12.1. The minimum Gasteiger partial charge on any atom is -0.472 e. The van der Waals surface area contributed by atoms with Crippen LogP contribution in [0.1, 0.15) is 33.8 Å². The fraction of sp³-hybridized carbons (Fsp3) is 0.333. The lowest BCUT2D eigenvalue weighted by Gasteiger charge is -2.32. The molecule has 0 aliphatic carbocycles. The van der Waals surface area contributed by atoms with Crippen LogP contribution in [0, 0.1) is 0 Å². The smallest absolute Gasteiger partial charge is 0.287 e. The molecule has 2 aromatic heterocycles. The molecule has 0 radical (unpaired) electrons. The number of rotatable bonds is 3. The van der Waals surface area contributed by atoms with Gasteiger partial charge in [0, 0.05) is 19.1 Å². The molecule has 1 aliphatic heterocycles. The van der Waals surface area contributed by atoms with Gasteiger partial charge in [0.25, 0.3) is 11.8 Å². The number of hydrogen-bond acceptors (Lipinski definition) is 4. The summed E-state index contributed by atoms with van der Waals surface area (Å²) < 4.78 is 9.98. The molecule has 0 spiro atoms. The van der Waals surface area contributed by atoms with E-state index in [-0.39, 0.29) is 17.9 Å². The molecule has 3 rings (SSSR count). The van der Waals surface area contributed by atoms with Crippen molar-refractivity contribution < 1.29 is 18.4 Å². The average Bonchev–Trinajstić information content (AvgIpc) is 3.20. The number of nitrogens with one attached hydrogen (secondary N) is 1. The van der Waals surface area contributed by atoms with E-state index < -0.39 is 0 Å². The SMILES string of the molecule is O=C(NC1CCN(C(=O)c2ccoc2)CC1)c1ccco1. The van der Waals surface area contributed by atoms with E-state index in [0.717, 1.165) is 12.8 Å². The highest BCUT2D eigenvalue weighted by Gasteiger charge is 2.25. The molecule has 1 fully saturated rings. The van der Waals surface area contributed by atoms with Crippen molar-refractivity contribution in [2.24, 2.45) is 0 Å². The van der Waals surface area contributed by atoms with Crippen LogP contribution < -0.4 is 5.32 Å². The third kappa shape index (κ3) is 2.99. The highest BCUT2D eigenvalue weighted by atomic mass is 16.3. The quantitative estimate of drug-likeness (QED) is 0.936. The molecule has 0 aromatic carbocycles. The summed E-state index contributed by atoms with van der Waals surface area (Å²) in [6, 6.07) is 5.04. The van der Waals surface area contributed by atoms with Gasteiger partial charge in [-0.3, -0.25) is 9.59 Å². The van der Waals surface area contributed by atoms with E-state index >= 15 is 0 Å². The molecule has 0 saturated carbocycles. The Morgan fingerprint density at radius 2 is 2.00 bits per heavy atom. The molecular weight excluding hydrogens is 272 g/mol. The fourth-order valence-corrected chi connectivity index (χ4v) is 2.46. The van der Waals surface area contributed by atoms with E-state index in [1.54, 1.807) is 23.1 Å². The van der Waals surface area contributed by atoms with Crippen LogP contribution in [-0.4, -0.2) is 35.8 Å². The van der Waals surface area contributed by atoms with E-state index in [4.69, 9.17) is 8.83 Å². The van der Waals surface area contributed by atoms with Crippen molar-refractivity contribution in [3.05, 3.63) is 48.3 Å². The highest BCUT2D eigenvalue weighted by molar-refractivity contribution is 5.94. The predicted octanol–water partition coefficient (Wildman–Crippen LogP) is 1.91. The van der Waals surface area contributed by atoms with Crippen LogP contribution in [0.4, 0.5) is 0 Å². The first-order chi connectivity index (χ1) is 10.2. The summed E-state index contributed by atoms with van der Waals surface area (Å²) >= 11 is 0. The maximum absolute atomic E-state index is 12.1. The van der Waals surface area contributed by atoms with Crippen LogP contribution in [0.15, 0.2) is 45.8 Å². The van der Waals surface area contributed by atoms with Crippen molar-refractivity contribution in [2.45, 2.75) is 18.9 Å². The number of nitrogens with zero attached hydrogens (tertiary/aromatic N) is 1. The van der Waals surface area contributed by atoms with Crippen LogP contribution in [0.2, 0.25) is 0 Å². The zero-order valence-electron chi connectivity index (χ0n) is 11.5. The van der Waals surface area contributed by atoms with Gasteiger partial charge in [0.1, 0.15) is 6.26 Å². The molecular formula is C15H16N2O4. The van der Waals surface area contributed by atoms with Gasteiger partial charge >= 0.3 is 0 Å². The molecule has 3 heterocycles.